The smallest absolute Gasteiger partial charge is 0.260 e. The molecule has 0 aromatic carbocycles. The van der Waals surface area contributed by atoms with Gasteiger partial charge in [-0.3, -0.25) is 5.10 Å². The fourth-order valence-corrected chi connectivity index (χ4v) is 4.72. The van der Waals surface area contributed by atoms with E-state index in [4.69, 9.17) is 5.73 Å². The van der Waals surface area contributed by atoms with Crippen LogP contribution in [0, 0.1) is 6.92 Å². The highest BCUT2D eigenvalue weighted by Crippen LogP contribution is 2.29. The Bertz CT molecular complexity index is 541. The second-order valence-corrected chi connectivity index (χ2v) is 7.59. The summed E-state index contributed by atoms with van der Waals surface area (Å²) in [7, 11) is -3.58. The van der Waals surface area contributed by atoms with Crippen LogP contribution in [0.4, 0.5) is 0 Å². The second-order valence-electron chi connectivity index (χ2n) is 4.83. The first-order chi connectivity index (χ1) is 8.97. The van der Waals surface area contributed by atoms with Crippen LogP contribution in [0.15, 0.2) is 5.03 Å². The van der Waals surface area contributed by atoms with Crippen molar-refractivity contribution in [3.8, 4) is 0 Å². The minimum Gasteiger partial charge on any atom is -0.326 e. The highest BCUT2D eigenvalue weighted by Gasteiger charge is 2.30. The Morgan fingerprint density at radius 2 is 2.26 bits per heavy atom. The number of nitrogens with one attached hydrogen (secondary N) is 2. The van der Waals surface area contributed by atoms with Crippen molar-refractivity contribution in [2.75, 3.05) is 6.26 Å². The Morgan fingerprint density at radius 1 is 1.53 bits per heavy atom. The fourth-order valence-electron chi connectivity index (χ4n) is 2.43. The Hall–Kier alpha value is -0.570. The number of aromatic nitrogens is 2. The van der Waals surface area contributed by atoms with Gasteiger partial charge >= 0.3 is 0 Å². The number of H-pyrrole nitrogens is 1. The summed E-state index contributed by atoms with van der Waals surface area (Å²) in [6, 6.07) is 0.00470. The Balaban J connectivity index is 2.14. The number of nitrogens with two attached hydrogens (primary N) is 1. The fraction of sp³-hybridized carbons (Fsp3) is 0.727. The molecule has 1 fully saturated rings. The summed E-state index contributed by atoms with van der Waals surface area (Å²) in [5.41, 5.74) is 6.86. The van der Waals surface area contributed by atoms with Crippen LogP contribution in [0.2, 0.25) is 0 Å². The van der Waals surface area contributed by atoms with Crippen LogP contribution in [0.1, 0.15) is 30.5 Å². The average molecular weight is 304 g/mol. The Morgan fingerprint density at radius 3 is 2.84 bits per heavy atom. The molecule has 0 amide bonds. The van der Waals surface area contributed by atoms with Crippen LogP contribution >= 0.6 is 11.8 Å². The maximum atomic E-state index is 12.3. The molecule has 4 N–H and O–H groups in total. The third-order valence-corrected chi connectivity index (χ3v) is 6.12. The number of rotatable bonds is 5. The van der Waals surface area contributed by atoms with Crippen molar-refractivity contribution < 1.29 is 8.42 Å². The lowest BCUT2D eigenvalue weighted by Crippen LogP contribution is -2.34. The topological polar surface area (TPSA) is 101 Å². The van der Waals surface area contributed by atoms with Gasteiger partial charge < -0.3 is 5.73 Å². The molecule has 0 spiro atoms. The molecule has 0 aliphatic heterocycles. The highest BCUT2D eigenvalue weighted by atomic mass is 32.2. The molecule has 1 heterocycles. The van der Waals surface area contributed by atoms with Crippen LogP contribution in [0.3, 0.4) is 0 Å². The number of nitrogens with zero attached hydrogens (tertiary/aromatic N) is 1. The van der Waals surface area contributed by atoms with E-state index in [1.165, 1.54) is 0 Å². The number of hydrogen-bond donors (Lipinski definition) is 3. The largest absolute Gasteiger partial charge is 0.326 e. The quantitative estimate of drug-likeness (QED) is 0.745. The molecule has 6 nitrogen and oxygen atoms in total. The molecule has 0 radical (unpaired) electrons. The normalized spacial score (nSPS) is 23.9. The molecule has 2 rings (SSSR count). The standard InChI is InChI=1S/C11H20N4O2S2/c1-7-10(6-12)11(14-13-7)19(16,17)15-8-3-4-9(5-8)18-2/h8-9,15H,3-6,12H2,1-2H3,(H,13,14). The van der Waals surface area contributed by atoms with Crippen molar-refractivity contribution in [1.82, 2.24) is 14.9 Å². The van der Waals surface area contributed by atoms with Gasteiger partial charge in [-0.1, -0.05) is 0 Å². The lowest BCUT2D eigenvalue weighted by atomic mass is 10.3. The first kappa shape index (κ1) is 14.8. The molecule has 0 saturated heterocycles. The van der Waals surface area contributed by atoms with Gasteiger partial charge in [0.25, 0.3) is 10.0 Å². The van der Waals surface area contributed by atoms with Gasteiger partial charge in [-0.25, -0.2) is 13.1 Å². The summed E-state index contributed by atoms with van der Waals surface area (Å²) >= 11 is 1.79. The van der Waals surface area contributed by atoms with E-state index in [1.54, 1.807) is 18.7 Å². The predicted molar refractivity (Wildman–Crippen MR) is 76.5 cm³/mol. The van der Waals surface area contributed by atoms with E-state index >= 15 is 0 Å². The molecule has 108 valence electrons. The molecular formula is C11H20N4O2S2. The van der Waals surface area contributed by atoms with Crippen molar-refractivity contribution in [3.63, 3.8) is 0 Å². The number of aromatic amines is 1. The van der Waals surface area contributed by atoms with Crippen LogP contribution in [0.25, 0.3) is 0 Å². The summed E-state index contributed by atoms with van der Waals surface area (Å²) in [5.74, 6) is 0. The van der Waals surface area contributed by atoms with Gasteiger partial charge in [0.1, 0.15) is 0 Å². The summed E-state index contributed by atoms with van der Waals surface area (Å²) in [4.78, 5) is 0. The summed E-state index contributed by atoms with van der Waals surface area (Å²) in [6.07, 6.45) is 4.87. The maximum Gasteiger partial charge on any atom is 0.260 e. The van der Waals surface area contributed by atoms with Gasteiger partial charge in [0, 0.05) is 29.1 Å². The van der Waals surface area contributed by atoms with E-state index in [0.717, 1.165) is 19.3 Å². The molecule has 0 bridgehead atoms. The molecule has 19 heavy (non-hydrogen) atoms. The summed E-state index contributed by atoms with van der Waals surface area (Å²) in [5, 5.41) is 7.15. The Labute approximate surface area is 118 Å². The van der Waals surface area contributed by atoms with Crippen LogP contribution in [0.5, 0.6) is 0 Å². The second kappa shape index (κ2) is 5.82. The van der Waals surface area contributed by atoms with Crippen LogP contribution in [-0.4, -0.2) is 36.2 Å². The zero-order valence-corrected chi connectivity index (χ0v) is 12.8. The summed E-state index contributed by atoms with van der Waals surface area (Å²) < 4.78 is 27.4. The van der Waals surface area contributed by atoms with Gasteiger partial charge in [-0.2, -0.15) is 16.9 Å². The van der Waals surface area contributed by atoms with Crippen molar-refractivity contribution in [2.45, 2.75) is 49.0 Å². The van der Waals surface area contributed by atoms with Crippen LogP contribution in [-0.2, 0) is 16.6 Å². The molecule has 2 atom stereocenters. The van der Waals surface area contributed by atoms with Gasteiger partial charge in [0.15, 0.2) is 5.03 Å². The predicted octanol–water partition coefficient (Wildman–Crippen LogP) is 0.739. The molecule has 8 heteroatoms. The van der Waals surface area contributed by atoms with Crippen molar-refractivity contribution in [3.05, 3.63) is 11.3 Å². The van der Waals surface area contributed by atoms with Gasteiger partial charge in [-0.05, 0) is 32.4 Å². The number of aryl methyl sites for hydroxylation is 1. The third-order valence-electron chi connectivity index (χ3n) is 3.53. The Kier molecular flexibility index (Phi) is 4.54. The molecule has 1 aromatic rings. The summed E-state index contributed by atoms with van der Waals surface area (Å²) in [6.45, 7) is 1.93. The number of sulfonamides is 1. The molecule has 1 aliphatic rings. The van der Waals surface area contributed by atoms with E-state index < -0.39 is 10.0 Å². The van der Waals surface area contributed by atoms with E-state index in [2.05, 4.69) is 21.2 Å². The minimum atomic E-state index is -3.58. The van der Waals surface area contributed by atoms with E-state index in [1.807, 2.05) is 0 Å². The van der Waals surface area contributed by atoms with Crippen molar-refractivity contribution >= 4 is 21.8 Å². The van der Waals surface area contributed by atoms with Crippen molar-refractivity contribution in [2.24, 2.45) is 5.73 Å². The molecule has 2 unspecified atom stereocenters. The highest BCUT2D eigenvalue weighted by molar-refractivity contribution is 7.99. The van der Waals surface area contributed by atoms with Gasteiger partial charge in [0.05, 0.1) is 0 Å². The van der Waals surface area contributed by atoms with Gasteiger partial charge in [0.2, 0.25) is 0 Å². The number of thioether (sulfide) groups is 1. The van der Waals surface area contributed by atoms with Crippen molar-refractivity contribution in [1.29, 1.82) is 0 Å². The molecule has 1 aliphatic carbocycles. The number of hydrogen-bond acceptors (Lipinski definition) is 5. The van der Waals surface area contributed by atoms with E-state index in [0.29, 0.717) is 16.5 Å². The third kappa shape index (κ3) is 3.13. The molecule has 1 saturated carbocycles. The maximum absolute atomic E-state index is 12.3. The SMILES string of the molecule is CSC1CCC(NS(=O)(=O)c2n[nH]c(C)c2CN)C1. The lowest BCUT2D eigenvalue weighted by Gasteiger charge is -2.12. The molecule has 1 aromatic heterocycles. The first-order valence-electron chi connectivity index (χ1n) is 6.27. The zero-order chi connectivity index (χ0) is 14.0. The first-order valence-corrected chi connectivity index (χ1v) is 9.04. The van der Waals surface area contributed by atoms with E-state index in [-0.39, 0.29) is 17.6 Å². The molecular weight excluding hydrogens is 284 g/mol. The average Bonchev–Trinajstić information content (AvgIpc) is 2.95. The van der Waals surface area contributed by atoms with Gasteiger partial charge in [-0.15, -0.1) is 0 Å². The van der Waals surface area contributed by atoms with E-state index in [9.17, 15) is 8.42 Å². The minimum absolute atomic E-state index is 0.00470. The lowest BCUT2D eigenvalue weighted by molar-refractivity contribution is 0.547. The van der Waals surface area contributed by atoms with Crippen LogP contribution < -0.4 is 10.5 Å². The monoisotopic (exact) mass is 304 g/mol. The zero-order valence-electron chi connectivity index (χ0n) is 11.1.